The van der Waals surface area contributed by atoms with Crippen LogP contribution in [-0.4, -0.2) is 29.2 Å². The molecule has 94 valence electrons. The Balaban J connectivity index is 2.05. The lowest BCUT2D eigenvalue weighted by Gasteiger charge is -2.23. The maximum absolute atomic E-state index is 12.4. The minimum Gasteiger partial charge on any atom is -0.474 e. The van der Waals surface area contributed by atoms with Crippen LogP contribution in [0.25, 0.3) is 0 Å². The molecule has 0 aliphatic carbocycles. The van der Waals surface area contributed by atoms with Crippen molar-refractivity contribution in [2.75, 3.05) is 13.1 Å². The predicted octanol–water partition coefficient (Wildman–Crippen LogP) is 1.63. The highest BCUT2D eigenvalue weighted by molar-refractivity contribution is 5.16. The molecular weight excluding hydrogens is 235 g/mol. The quantitative estimate of drug-likeness (QED) is 0.862. The first-order valence-electron chi connectivity index (χ1n) is 5.32. The number of hydrogen-bond donors (Lipinski definition) is 1. The minimum absolute atomic E-state index is 0.0146. The van der Waals surface area contributed by atoms with E-state index in [1.807, 2.05) is 0 Å². The van der Waals surface area contributed by atoms with Crippen molar-refractivity contribution in [2.45, 2.75) is 25.1 Å². The summed E-state index contributed by atoms with van der Waals surface area (Å²) >= 11 is 0. The van der Waals surface area contributed by atoms with E-state index in [1.165, 1.54) is 0 Å². The summed E-state index contributed by atoms with van der Waals surface area (Å²) in [6, 6.07) is 0.835. The fraction of sp³-hybridized carbons (Fsp3) is 0.600. The van der Waals surface area contributed by atoms with E-state index in [9.17, 15) is 13.2 Å². The number of rotatable bonds is 2. The predicted molar refractivity (Wildman–Crippen MR) is 53.6 cm³/mol. The molecule has 0 bridgehead atoms. The van der Waals surface area contributed by atoms with E-state index >= 15 is 0 Å². The summed E-state index contributed by atoms with van der Waals surface area (Å²) in [6.45, 7) is 1.61. The van der Waals surface area contributed by atoms with Crippen LogP contribution >= 0.6 is 0 Å². The van der Waals surface area contributed by atoms with Crippen molar-refractivity contribution in [3.05, 3.63) is 18.1 Å². The molecule has 0 unspecified atom stereocenters. The molecule has 1 aromatic heterocycles. The molecule has 1 saturated heterocycles. The smallest absolute Gasteiger partial charge is 0.433 e. The summed E-state index contributed by atoms with van der Waals surface area (Å²) in [5.41, 5.74) is -0.976. The van der Waals surface area contributed by atoms with E-state index in [-0.39, 0.29) is 12.0 Å². The van der Waals surface area contributed by atoms with Gasteiger partial charge in [0.2, 0.25) is 5.88 Å². The van der Waals surface area contributed by atoms with Crippen molar-refractivity contribution in [2.24, 2.45) is 0 Å². The molecule has 1 fully saturated rings. The Morgan fingerprint density at radius 2 is 1.94 bits per heavy atom. The Kier molecular flexibility index (Phi) is 3.46. The molecule has 1 aliphatic rings. The third kappa shape index (κ3) is 3.29. The lowest BCUT2D eigenvalue weighted by Crippen LogP contribution is -2.34. The molecule has 0 spiro atoms. The summed E-state index contributed by atoms with van der Waals surface area (Å²) in [6.07, 6.45) is -2.13. The molecule has 0 aromatic carbocycles. The minimum atomic E-state index is -4.46. The number of aromatic nitrogens is 2. The van der Waals surface area contributed by atoms with Gasteiger partial charge in [0.1, 0.15) is 12.4 Å². The molecule has 4 nitrogen and oxygen atoms in total. The van der Waals surface area contributed by atoms with Crippen molar-refractivity contribution >= 4 is 0 Å². The zero-order chi connectivity index (χ0) is 12.3. The molecule has 0 saturated carbocycles. The first kappa shape index (κ1) is 12.1. The van der Waals surface area contributed by atoms with Gasteiger partial charge in [0.05, 0.1) is 0 Å². The van der Waals surface area contributed by atoms with Gasteiger partial charge < -0.3 is 10.1 Å². The van der Waals surface area contributed by atoms with Crippen LogP contribution in [0.4, 0.5) is 13.2 Å². The van der Waals surface area contributed by atoms with Crippen molar-refractivity contribution < 1.29 is 17.9 Å². The molecule has 2 heterocycles. The Morgan fingerprint density at radius 1 is 1.24 bits per heavy atom. The van der Waals surface area contributed by atoms with Crippen molar-refractivity contribution in [1.29, 1.82) is 0 Å². The second-order valence-electron chi connectivity index (χ2n) is 3.81. The highest BCUT2D eigenvalue weighted by Gasteiger charge is 2.33. The van der Waals surface area contributed by atoms with E-state index in [2.05, 4.69) is 15.3 Å². The summed E-state index contributed by atoms with van der Waals surface area (Å²) in [7, 11) is 0. The largest absolute Gasteiger partial charge is 0.474 e. The zero-order valence-corrected chi connectivity index (χ0v) is 9.00. The number of ether oxygens (including phenoxy) is 1. The number of nitrogens with one attached hydrogen (secondary N) is 1. The van der Waals surface area contributed by atoms with Gasteiger partial charge >= 0.3 is 6.18 Å². The van der Waals surface area contributed by atoms with Gasteiger partial charge in [-0.15, -0.1) is 0 Å². The maximum atomic E-state index is 12.4. The first-order valence-corrected chi connectivity index (χ1v) is 5.32. The monoisotopic (exact) mass is 247 g/mol. The molecule has 1 aliphatic heterocycles. The van der Waals surface area contributed by atoms with Gasteiger partial charge in [-0.25, -0.2) is 9.97 Å². The summed E-state index contributed by atoms with van der Waals surface area (Å²) < 4.78 is 42.6. The zero-order valence-electron chi connectivity index (χ0n) is 9.00. The Labute approximate surface area is 96.2 Å². The SMILES string of the molecule is FC(F)(F)c1cc(OC2CCNCC2)ncn1. The lowest BCUT2D eigenvalue weighted by atomic mass is 10.1. The van der Waals surface area contributed by atoms with Crippen LogP contribution in [0.15, 0.2) is 12.4 Å². The Bertz CT molecular complexity index is 377. The van der Waals surface area contributed by atoms with Gasteiger partial charge in [-0.2, -0.15) is 13.2 Å². The van der Waals surface area contributed by atoms with Gasteiger partial charge in [0.15, 0.2) is 5.69 Å². The van der Waals surface area contributed by atoms with Crippen LogP contribution in [0.3, 0.4) is 0 Å². The molecular formula is C10H12F3N3O. The van der Waals surface area contributed by atoms with Gasteiger partial charge in [-0.05, 0) is 25.9 Å². The second kappa shape index (κ2) is 4.87. The number of nitrogens with zero attached hydrogens (tertiary/aromatic N) is 2. The average Bonchev–Trinajstić information content (AvgIpc) is 2.29. The highest BCUT2D eigenvalue weighted by atomic mass is 19.4. The number of piperidine rings is 1. The fourth-order valence-electron chi connectivity index (χ4n) is 1.64. The number of halogens is 3. The van der Waals surface area contributed by atoms with Crippen LogP contribution in [0.5, 0.6) is 5.88 Å². The molecule has 0 radical (unpaired) electrons. The van der Waals surface area contributed by atoms with Crippen LogP contribution in [0.2, 0.25) is 0 Å². The average molecular weight is 247 g/mol. The Hall–Kier alpha value is -1.37. The van der Waals surface area contributed by atoms with E-state index in [0.29, 0.717) is 0 Å². The standard InChI is InChI=1S/C10H12F3N3O/c11-10(12,13)8-5-9(16-6-15-8)17-7-1-3-14-4-2-7/h5-7,14H,1-4H2. The third-order valence-corrected chi connectivity index (χ3v) is 2.51. The fourth-order valence-corrected chi connectivity index (χ4v) is 1.64. The van der Waals surface area contributed by atoms with E-state index in [1.54, 1.807) is 0 Å². The van der Waals surface area contributed by atoms with E-state index in [4.69, 9.17) is 4.74 Å². The second-order valence-corrected chi connectivity index (χ2v) is 3.81. The molecule has 2 rings (SSSR count). The van der Waals surface area contributed by atoms with Crippen molar-refractivity contribution in [3.63, 3.8) is 0 Å². The molecule has 0 atom stereocenters. The van der Waals surface area contributed by atoms with Crippen molar-refractivity contribution in [3.8, 4) is 5.88 Å². The first-order chi connectivity index (χ1) is 8.05. The summed E-state index contributed by atoms with van der Waals surface area (Å²) in [5.74, 6) is -0.0146. The summed E-state index contributed by atoms with van der Waals surface area (Å²) in [4.78, 5) is 6.87. The van der Waals surface area contributed by atoms with Crippen LogP contribution in [0.1, 0.15) is 18.5 Å². The molecule has 0 amide bonds. The van der Waals surface area contributed by atoms with Gasteiger partial charge in [0.25, 0.3) is 0 Å². The molecule has 17 heavy (non-hydrogen) atoms. The van der Waals surface area contributed by atoms with Crippen LogP contribution in [-0.2, 0) is 6.18 Å². The third-order valence-electron chi connectivity index (χ3n) is 2.51. The molecule has 7 heteroatoms. The van der Waals surface area contributed by atoms with Gasteiger partial charge in [-0.3, -0.25) is 0 Å². The van der Waals surface area contributed by atoms with Gasteiger partial charge in [-0.1, -0.05) is 0 Å². The van der Waals surface area contributed by atoms with E-state index in [0.717, 1.165) is 38.3 Å². The van der Waals surface area contributed by atoms with Crippen molar-refractivity contribution in [1.82, 2.24) is 15.3 Å². The number of alkyl halides is 3. The normalized spacial score (nSPS) is 18.1. The number of hydrogen-bond acceptors (Lipinski definition) is 4. The Morgan fingerprint density at radius 3 is 2.59 bits per heavy atom. The lowest BCUT2D eigenvalue weighted by molar-refractivity contribution is -0.141. The molecule has 1 N–H and O–H groups in total. The van der Waals surface area contributed by atoms with Gasteiger partial charge in [0, 0.05) is 6.07 Å². The van der Waals surface area contributed by atoms with Crippen LogP contribution < -0.4 is 10.1 Å². The topological polar surface area (TPSA) is 47.0 Å². The molecule has 1 aromatic rings. The van der Waals surface area contributed by atoms with Crippen LogP contribution in [0, 0.1) is 0 Å². The van der Waals surface area contributed by atoms with E-state index < -0.39 is 11.9 Å². The highest BCUT2D eigenvalue weighted by Crippen LogP contribution is 2.29. The maximum Gasteiger partial charge on any atom is 0.433 e. The summed E-state index contributed by atoms with van der Waals surface area (Å²) in [5, 5.41) is 3.14.